The van der Waals surface area contributed by atoms with Gasteiger partial charge in [-0.25, -0.2) is 4.98 Å². The number of aromatic nitrogens is 1. The van der Waals surface area contributed by atoms with Crippen LogP contribution in [0.15, 0.2) is 42.6 Å². The maximum Gasteiger partial charge on any atom is 0.254 e. The number of likely N-dealkylation sites (tertiary alicyclic amines) is 1. The van der Waals surface area contributed by atoms with Crippen molar-refractivity contribution in [3.8, 4) is 0 Å². The molecule has 0 saturated carbocycles. The minimum atomic E-state index is 0.00140. The zero-order chi connectivity index (χ0) is 20.9. The van der Waals surface area contributed by atoms with Gasteiger partial charge in [0.2, 0.25) is 5.91 Å². The van der Waals surface area contributed by atoms with Crippen LogP contribution in [0.4, 0.5) is 11.5 Å². The molecule has 2 aliphatic heterocycles. The standard InChI is InChI=1S/C24H30N4O2/c1-2-18-5-7-21(8-6-18)26-23(29)19-10-15-27(16-11-19)22-17-20(9-12-25-22)24(30)28-13-3-4-14-28/h5-9,12,17,19H,2-4,10-11,13-16H2,1H3,(H,26,29). The van der Waals surface area contributed by atoms with Crippen molar-refractivity contribution in [2.75, 3.05) is 36.4 Å². The predicted octanol–water partition coefficient (Wildman–Crippen LogP) is 3.74. The fourth-order valence-electron chi connectivity index (χ4n) is 4.27. The summed E-state index contributed by atoms with van der Waals surface area (Å²) in [4.78, 5) is 33.9. The van der Waals surface area contributed by atoms with E-state index in [1.807, 2.05) is 23.1 Å². The molecule has 2 aliphatic rings. The second-order valence-electron chi connectivity index (χ2n) is 8.20. The number of anilines is 2. The van der Waals surface area contributed by atoms with Crippen molar-refractivity contribution in [1.29, 1.82) is 0 Å². The number of benzene rings is 1. The summed E-state index contributed by atoms with van der Waals surface area (Å²) in [5, 5.41) is 3.05. The van der Waals surface area contributed by atoms with Crippen molar-refractivity contribution in [3.05, 3.63) is 53.7 Å². The van der Waals surface area contributed by atoms with Gasteiger partial charge >= 0.3 is 0 Å². The molecule has 6 heteroatoms. The molecule has 2 amide bonds. The second kappa shape index (κ2) is 9.28. The minimum absolute atomic E-state index is 0.00140. The van der Waals surface area contributed by atoms with Crippen molar-refractivity contribution >= 4 is 23.3 Å². The van der Waals surface area contributed by atoms with Crippen LogP contribution in [-0.2, 0) is 11.2 Å². The number of amides is 2. The summed E-state index contributed by atoms with van der Waals surface area (Å²) in [6.45, 7) is 5.34. The SMILES string of the molecule is CCc1ccc(NC(=O)C2CCN(c3cc(C(=O)N4CCCC4)ccn3)CC2)cc1. The van der Waals surface area contributed by atoms with E-state index in [1.165, 1.54) is 5.56 Å². The lowest BCUT2D eigenvalue weighted by atomic mass is 9.95. The molecular weight excluding hydrogens is 376 g/mol. The molecule has 30 heavy (non-hydrogen) atoms. The number of piperidine rings is 1. The highest BCUT2D eigenvalue weighted by molar-refractivity contribution is 5.95. The number of rotatable bonds is 5. The van der Waals surface area contributed by atoms with E-state index in [1.54, 1.807) is 12.3 Å². The van der Waals surface area contributed by atoms with Crippen LogP contribution >= 0.6 is 0 Å². The van der Waals surface area contributed by atoms with E-state index in [0.717, 1.165) is 69.8 Å². The Morgan fingerprint density at radius 3 is 2.40 bits per heavy atom. The van der Waals surface area contributed by atoms with Crippen LogP contribution in [-0.4, -0.2) is 47.9 Å². The Labute approximate surface area is 178 Å². The van der Waals surface area contributed by atoms with Gasteiger partial charge in [-0.1, -0.05) is 19.1 Å². The second-order valence-corrected chi connectivity index (χ2v) is 8.20. The first-order valence-corrected chi connectivity index (χ1v) is 11.0. The number of carbonyl (C=O) groups excluding carboxylic acids is 2. The van der Waals surface area contributed by atoms with Gasteiger partial charge in [-0.05, 0) is 61.9 Å². The summed E-state index contributed by atoms with van der Waals surface area (Å²) in [5.41, 5.74) is 2.82. The third-order valence-electron chi connectivity index (χ3n) is 6.21. The molecule has 0 radical (unpaired) electrons. The first kappa shape index (κ1) is 20.4. The maximum atomic E-state index is 12.7. The van der Waals surface area contributed by atoms with Gasteiger partial charge in [0, 0.05) is 49.5 Å². The van der Waals surface area contributed by atoms with Crippen LogP contribution in [0.25, 0.3) is 0 Å². The molecule has 1 aromatic heterocycles. The van der Waals surface area contributed by atoms with Crippen molar-refractivity contribution in [3.63, 3.8) is 0 Å². The molecule has 0 unspecified atom stereocenters. The summed E-state index contributed by atoms with van der Waals surface area (Å²) < 4.78 is 0. The average Bonchev–Trinajstić information content (AvgIpc) is 3.34. The van der Waals surface area contributed by atoms with Gasteiger partial charge < -0.3 is 15.1 Å². The number of carbonyl (C=O) groups is 2. The number of pyridine rings is 1. The van der Waals surface area contributed by atoms with Gasteiger partial charge in [0.15, 0.2) is 0 Å². The normalized spacial score (nSPS) is 17.2. The first-order chi connectivity index (χ1) is 14.6. The van der Waals surface area contributed by atoms with Gasteiger partial charge in [-0.2, -0.15) is 0 Å². The van der Waals surface area contributed by atoms with Crippen LogP contribution in [0.5, 0.6) is 0 Å². The predicted molar refractivity (Wildman–Crippen MR) is 119 cm³/mol. The van der Waals surface area contributed by atoms with Crippen LogP contribution < -0.4 is 10.2 Å². The molecular formula is C24H30N4O2. The van der Waals surface area contributed by atoms with E-state index in [0.29, 0.717) is 5.56 Å². The Kier molecular flexibility index (Phi) is 6.31. The molecule has 3 heterocycles. The third-order valence-corrected chi connectivity index (χ3v) is 6.21. The Balaban J connectivity index is 1.33. The molecule has 0 atom stereocenters. The van der Waals surface area contributed by atoms with Gasteiger partial charge in [-0.15, -0.1) is 0 Å². The zero-order valence-corrected chi connectivity index (χ0v) is 17.6. The summed E-state index contributed by atoms with van der Waals surface area (Å²) in [7, 11) is 0. The molecule has 0 bridgehead atoms. The fourth-order valence-corrected chi connectivity index (χ4v) is 4.27. The van der Waals surface area contributed by atoms with Crippen molar-refractivity contribution in [1.82, 2.24) is 9.88 Å². The van der Waals surface area contributed by atoms with Crippen molar-refractivity contribution < 1.29 is 9.59 Å². The number of hydrogen-bond donors (Lipinski definition) is 1. The number of hydrogen-bond acceptors (Lipinski definition) is 4. The van der Waals surface area contributed by atoms with Crippen LogP contribution in [0.3, 0.4) is 0 Å². The Morgan fingerprint density at radius 2 is 1.73 bits per heavy atom. The minimum Gasteiger partial charge on any atom is -0.357 e. The lowest BCUT2D eigenvalue weighted by Gasteiger charge is -2.32. The highest BCUT2D eigenvalue weighted by atomic mass is 16.2. The summed E-state index contributed by atoms with van der Waals surface area (Å²) in [5.74, 6) is 1.01. The largest absolute Gasteiger partial charge is 0.357 e. The molecule has 0 spiro atoms. The summed E-state index contributed by atoms with van der Waals surface area (Å²) in [6, 6.07) is 11.8. The van der Waals surface area contributed by atoms with Gasteiger partial charge in [0.05, 0.1) is 0 Å². The maximum absolute atomic E-state index is 12.7. The monoisotopic (exact) mass is 406 g/mol. The van der Waals surface area contributed by atoms with E-state index in [-0.39, 0.29) is 17.7 Å². The Morgan fingerprint density at radius 1 is 1.03 bits per heavy atom. The molecule has 0 aliphatic carbocycles. The van der Waals surface area contributed by atoms with E-state index in [9.17, 15) is 9.59 Å². The quantitative estimate of drug-likeness (QED) is 0.822. The first-order valence-electron chi connectivity index (χ1n) is 11.0. The van der Waals surface area contributed by atoms with Gasteiger partial charge in [0.25, 0.3) is 5.91 Å². The third kappa shape index (κ3) is 4.64. The molecule has 4 rings (SSSR count). The number of aryl methyl sites for hydroxylation is 1. The molecule has 2 saturated heterocycles. The van der Waals surface area contributed by atoms with Crippen LogP contribution in [0.2, 0.25) is 0 Å². The summed E-state index contributed by atoms with van der Waals surface area (Å²) >= 11 is 0. The van der Waals surface area contributed by atoms with Crippen molar-refractivity contribution in [2.24, 2.45) is 5.92 Å². The van der Waals surface area contributed by atoms with E-state index < -0.39 is 0 Å². The van der Waals surface area contributed by atoms with Gasteiger partial charge in [0.1, 0.15) is 5.82 Å². The van der Waals surface area contributed by atoms with Crippen LogP contribution in [0.1, 0.15) is 48.5 Å². The average molecular weight is 407 g/mol. The molecule has 1 N–H and O–H groups in total. The number of nitrogens with one attached hydrogen (secondary N) is 1. The number of nitrogens with zero attached hydrogens (tertiary/aromatic N) is 3. The highest BCUT2D eigenvalue weighted by Crippen LogP contribution is 2.24. The van der Waals surface area contributed by atoms with E-state index in [4.69, 9.17) is 0 Å². The van der Waals surface area contributed by atoms with Gasteiger partial charge in [-0.3, -0.25) is 9.59 Å². The van der Waals surface area contributed by atoms with E-state index in [2.05, 4.69) is 34.3 Å². The zero-order valence-electron chi connectivity index (χ0n) is 17.6. The molecule has 2 fully saturated rings. The molecule has 1 aromatic carbocycles. The summed E-state index contributed by atoms with van der Waals surface area (Å²) in [6.07, 6.45) is 6.45. The highest BCUT2D eigenvalue weighted by Gasteiger charge is 2.26. The van der Waals surface area contributed by atoms with Crippen molar-refractivity contribution in [2.45, 2.75) is 39.0 Å². The lowest BCUT2D eigenvalue weighted by Crippen LogP contribution is -2.38. The smallest absolute Gasteiger partial charge is 0.254 e. The fraction of sp³-hybridized carbons (Fsp3) is 0.458. The molecule has 158 valence electrons. The Bertz CT molecular complexity index is 882. The molecule has 6 nitrogen and oxygen atoms in total. The van der Waals surface area contributed by atoms with E-state index >= 15 is 0 Å². The molecule has 2 aromatic rings. The lowest BCUT2D eigenvalue weighted by molar-refractivity contribution is -0.120. The topological polar surface area (TPSA) is 65.5 Å². The van der Waals surface area contributed by atoms with Crippen LogP contribution in [0, 0.1) is 5.92 Å². The Hall–Kier alpha value is -2.89.